The van der Waals surface area contributed by atoms with Gasteiger partial charge in [-0.3, -0.25) is 9.78 Å². The van der Waals surface area contributed by atoms with Gasteiger partial charge in [-0.05, 0) is 49.2 Å². The maximum absolute atomic E-state index is 13.0. The topological polar surface area (TPSA) is 42.4 Å². The average Bonchev–Trinajstić information content (AvgIpc) is 2.93. The van der Waals surface area contributed by atoms with Crippen LogP contribution in [-0.4, -0.2) is 39.7 Å². The molecule has 2 unspecified atom stereocenters. The van der Waals surface area contributed by atoms with Gasteiger partial charge in [-0.25, -0.2) is 4.39 Å². The third-order valence-electron chi connectivity index (χ3n) is 5.09. The quantitative estimate of drug-likeness (QED) is 0.746. The second-order valence-corrected chi connectivity index (χ2v) is 7.88. The van der Waals surface area contributed by atoms with Gasteiger partial charge in [0, 0.05) is 36.0 Å². The fourth-order valence-electron chi connectivity index (χ4n) is 3.99. The van der Waals surface area contributed by atoms with Crippen molar-refractivity contribution in [2.75, 3.05) is 5.75 Å². The van der Waals surface area contributed by atoms with Crippen molar-refractivity contribution in [2.45, 2.75) is 48.8 Å². The summed E-state index contributed by atoms with van der Waals surface area (Å²) in [4.78, 5) is 19.8. The number of hydrogen-bond donors (Lipinski definition) is 0. The molecule has 4 rings (SSSR count). The molecule has 2 bridgehead atoms. The Hall–Kier alpha value is -2.08. The van der Waals surface area contributed by atoms with Crippen molar-refractivity contribution in [1.82, 2.24) is 9.88 Å². The van der Waals surface area contributed by atoms with E-state index in [9.17, 15) is 9.18 Å². The highest BCUT2D eigenvalue weighted by Gasteiger charge is 2.43. The van der Waals surface area contributed by atoms with Gasteiger partial charge in [0.15, 0.2) is 0 Å². The molecule has 26 heavy (non-hydrogen) atoms. The lowest BCUT2D eigenvalue weighted by Crippen LogP contribution is -2.49. The number of carbonyl (C=O) groups is 1. The Kier molecular flexibility index (Phi) is 5.11. The minimum Gasteiger partial charge on any atom is -0.489 e. The minimum absolute atomic E-state index is 0.144. The molecule has 0 saturated carbocycles. The first kappa shape index (κ1) is 17.3. The number of ether oxygens (including phenoxy) is 1. The predicted molar refractivity (Wildman–Crippen MR) is 98.7 cm³/mol. The normalized spacial score (nSPS) is 24.5. The number of rotatable bonds is 5. The molecule has 2 atom stereocenters. The molecule has 4 nitrogen and oxygen atoms in total. The summed E-state index contributed by atoms with van der Waals surface area (Å²) >= 11 is 1.47. The van der Waals surface area contributed by atoms with Crippen LogP contribution in [0.3, 0.4) is 0 Å². The molecule has 0 aliphatic carbocycles. The Morgan fingerprint density at radius 2 is 1.92 bits per heavy atom. The summed E-state index contributed by atoms with van der Waals surface area (Å²) in [7, 11) is 0. The first-order valence-corrected chi connectivity index (χ1v) is 9.94. The van der Waals surface area contributed by atoms with E-state index < -0.39 is 0 Å². The Bertz CT molecular complexity index is 742. The number of carbonyl (C=O) groups excluding carboxylic acids is 1. The highest BCUT2D eigenvalue weighted by molar-refractivity contribution is 8.00. The molecule has 6 heteroatoms. The average molecular weight is 372 g/mol. The van der Waals surface area contributed by atoms with Crippen LogP contribution in [0, 0.1) is 5.82 Å². The van der Waals surface area contributed by atoms with E-state index in [0.29, 0.717) is 5.75 Å². The number of aromatic nitrogens is 1. The van der Waals surface area contributed by atoms with E-state index in [1.165, 1.54) is 23.9 Å². The summed E-state index contributed by atoms with van der Waals surface area (Å²) in [6.07, 6.45) is 7.45. The third kappa shape index (κ3) is 3.85. The van der Waals surface area contributed by atoms with Crippen molar-refractivity contribution in [3.63, 3.8) is 0 Å². The zero-order valence-electron chi connectivity index (χ0n) is 14.4. The molecule has 0 N–H and O–H groups in total. The lowest BCUT2D eigenvalue weighted by Gasteiger charge is -2.39. The van der Waals surface area contributed by atoms with Crippen LogP contribution in [-0.2, 0) is 4.79 Å². The Morgan fingerprint density at radius 1 is 1.19 bits per heavy atom. The van der Waals surface area contributed by atoms with Crippen LogP contribution in [0.5, 0.6) is 5.75 Å². The van der Waals surface area contributed by atoms with Crippen LogP contribution in [0.2, 0.25) is 0 Å². The van der Waals surface area contributed by atoms with E-state index >= 15 is 0 Å². The minimum atomic E-state index is -0.255. The standard InChI is InChI=1S/C20H21FN2O2S/c21-14-3-7-19(8-4-14)26-13-20(24)23-15-5-6-16(23)11-18(10-15)25-17-2-1-9-22-12-17/h1-4,7-9,12,15-16,18H,5-6,10-11,13H2. The molecule has 0 radical (unpaired) electrons. The number of hydrogen-bond acceptors (Lipinski definition) is 4. The molecule has 1 aromatic heterocycles. The molecule has 1 aromatic carbocycles. The van der Waals surface area contributed by atoms with Gasteiger partial charge in [-0.15, -0.1) is 11.8 Å². The molecule has 2 saturated heterocycles. The Morgan fingerprint density at radius 3 is 2.58 bits per heavy atom. The zero-order chi connectivity index (χ0) is 17.9. The number of thioether (sulfide) groups is 1. The molecule has 3 heterocycles. The van der Waals surface area contributed by atoms with Crippen LogP contribution in [0.4, 0.5) is 4.39 Å². The monoisotopic (exact) mass is 372 g/mol. The van der Waals surface area contributed by atoms with E-state index in [4.69, 9.17) is 4.74 Å². The zero-order valence-corrected chi connectivity index (χ0v) is 15.2. The molecule has 136 valence electrons. The fraction of sp³-hybridized carbons (Fsp3) is 0.400. The molecule has 1 amide bonds. The second-order valence-electron chi connectivity index (χ2n) is 6.83. The van der Waals surface area contributed by atoms with Gasteiger partial charge in [-0.2, -0.15) is 0 Å². The highest BCUT2D eigenvalue weighted by Crippen LogP contribution is 2.38. The van der Waals surface area contributed by atoms with E-state index in [1.807, 2.05) is 12.1 Å². The van der Waals surface area contributed by atoms with E-state index in [-0.39, 0.29) is 29.9 Å². The van der Waals surface area contributed by atoms with Crippen LogP contribution in [0.25, 0.3) is 0 Å². The van der Waals surface area contributed by atoms with Gasteiger partial charge in [0.2, 0.25) is 5.91 Å². The summed E-state index contributed by atoms with van der Waals surface area (Å²) in [5, 5.41) is 0. The number of nitrogens with zero attached hydrogens (tertiary/aromatic N) is 2. The molecule has 2 aliphatic heterocycles. The molecular formula is C20H21FN2O2S. The number of benzene rings is 1. The second kappa shape index (κ2) is 7.66. The van der Waals surface area contributed by atoms with Gasteiger partial charge in [0.05, 0.1) is 11.9 Å². The van der Waals surface area contributed by atoms with Crippen LogP contribution >= 0.6 is 11.8 Å². The third-order valence-corrected chi connectivity index (χ3v) is 6.09. The van der Waals surface area contributed by atoms with E-state index in [1.54, 1.807) is 24.5 Å². The molecule has 2 aromatic rings. The van der Waals surface area contributed by atoms with Gasteiger partial charge >= 0.3 is 0 Å². The fourth-order valence-corrected chi connectivity index (χ4v) is 4.76. The highest BCUT2D eigenvalue weighted by atomic mass is 32.2. The summed E-state index contributed by atoms with van der Waals surface area (Å²) in [5.74, 6) is 1.11. The number of pyridine rings is 1. The van der Waals surface area contributed by atoms with Crippen LogP contribution in [0.1, 0.15) is 25.7 Å². The van der Waals surface area contributed by atoms with Gasteiger partial charge in [-0.1, -0.05) is 0 Å². The maximum atomic E-state index is 13.0. The maximum Gasteiger partial charge on any atom is 0.233 e. The molecule has 0 spiro atoms. The lowest BCUT2D eigenvalue weighted by molar-refractivity contribution is -0.134. The van der Waals surface area contributed by atoms with Gasteiger partial charge in [0.1, 0.15) is 17.7 Å². The number of fused-ring (bicyclic) bond motifs is 2. The van der Waals surface area contributed by atoms with Crippen molar-refractivity contribution >= 4 is 17.7 Å². The molecular weight excluding hydrogens is 351 g/mol. The van der Waals surface area contributed by atoms with Crippen molar-refractivity contribution in [3.05, 3.63) is 54.6 Å². The predicted octanol–water partition coefficient (Wildman–Crippen LogP) is 3.91. The Balaban J connectivity index is 1.34. The van der Waals surface area contributed by atoms with Crippen molar-refractivity contribution in [3.8, 4) is 5.75 Å². The van der Waals surface area contributed by atoms with Crippen LogP contribution < -0.4 is 4.74 Å². The number of piperidine rings is 1. The van der Waals surface area contributed by atoms with E-state index in [0.717, 1.165) is 36.3 Å². The SMILES string of the molecule is O=C(CSc1ccc(F)cc1)N1C2CCC1CC(Oc1cccnc1)C2. The Labute approximate surface area is 156 Å². The van der Waals surface area contributed by atoms with E-state index in [2.05, 4.69) is 9.88 Å². The summed E-state index contributed by atoms with van der Waals surface area (Å²) in [6, 6.07) is 10.6. The first-order chi connectivity index (χ1) is 12.7. The van der Waals surface area contributed by atoms with Crippen molar-refractivity contribution in [1.29, 1.82) is 0 Å². The number of amides is 1. The summed E-state index contributed by atoms with van der Waals surface area (Å²) < 4.78 is 19.0. The van der Waals surface area contributed by atoms with Crippen molar-refractivity contribution < 1.29 is 13.9 Å². The van der Waals surface area contributed by atoms with Crippen LogP contribution in [0.15, 0.2) is 53.7 Å². The largest absolute Gasteiger partial charge is 0.489 e. The summed E-state index contributed by atoms with van der Waals surface area (Å²) in [5.41, 5.74) is 0. The molecule has 2 aliphatic rings. The van der Waals surface area contributed by atoms with Gasteiger partial charge in [0.25, 0.3) is 0 Å². The lowest BCUT2D eigenvalue weighted by atomic mass is 9.99. The van der Waals surface area contributed by atoms with Crippen molar-refractivity contribution in [2.24, 2.45) is 0 Å². The van der Waals surface area contributed by atoms with Gasteiger partial charge < -0.3 is 9.64 Å². The number of halogens is 1. The summed E-state index contributed by atoms with van der Waals surface area (Å²) in [6.45, 7) is 0. The first-order valence-electron chi connectivity index (χ1n) is 8.95. The molecule has 2 fully saturated rings. The smallest absolute Gasteiger partial charge is 0.233 e.